The van der Waals surface area contributed by atoms with Crippen molar-refractivity contribution in [3.8, 4) is 67.5 Å². The Hall–Kier alpha value is -7.75. The van der Waals surface area contributed by atoms with Crippen LogP contribution in [0.5, 0.6) is 0 Å². The molecule has 10 aromatic carbocycles. The van der Waals surface area contributed by atoms with Gasteiger partial charge in [-0.15, -0.1) is 0 Å². The van der Waals surface area contributed by atoms with Crippen LogP contribution in [0.1, 0.15) is 0 Å². The first-order valence-corrected chi connectivity index (χ1v) is 19.7. The van der Waals surface area contributed by atoms with Gasteiger partial charge in [-0.25, -0.2) is 15.0 Å². The zero-order chi connectivity index (χ0) is 38.4. The van der Waals surface area contributed by atoms with Crippen LogP contribution >= 0.6 is 0 Å². The second kappa shape index (κ2) is 14.1. The molecule has 3 heteroatoms. The van der Waals surface area contributed by atoms with Crippen LogP contribution in [0.15, 0.2) is 212 Å². The topological polar surface area (TPSA) is 38.7 Å². The molecular formula is C55H35N3. The molecule has 0 unspecified atom stereocenters. The number of benzene rings is 10. The molecule has 0 atom stereocenters. The summed E-state index contributed by atoms with van der Waals surface area (Å²) in [6.45, 7) is 0. The molecule has 58 heavy (non-hydrogen) atoms. The molecule has 0 aliphatic carbocycles. The van der Waals surface area contributed by atoms with E-state index in [0.29, 0.717) is 17.5 Å². The number of rotatable bonds is 6. The first-order chi connectivity index (χ1) is 28.8. The highest BCUT2D eigenvalue weighted by molar-refractivity contribution is 6.13. The lowest BCUT2D eigenvalue weighted by Gasteiger charge is -2.16. The van der Waals surface area contributed by atoms with Crippen molar-refractivity contribution in [2.45, 2.75) is 0 Å². The van der Waals surface area contributed by atoms with Gasteiger partial charge in [0, 0.05) is 16.7 Å². The van der Waals surface area contributed by atoms with E-state index in [2.05, 4.69) is 188 Å². The molecule has 0 saturated heterocycles. The van der Waals surface area contributed by atoms with Crippen LogP contribution in [-0.4, -0.2) is 15.0 Å². The molecule has 0 N–H and O–H groups in total. The van der Waals surface area contributed by atoms with Gasteiger partial charge in [0.15, 0.2) is 17.5 Å². The minimum atomic E-state index is 0.638. The maximum atomic E-state index is 5.25. The van der Waals surface area contributed by atoms with Crippen LogP contribution < -0.4 is 0 Å². The number of aromatic nitrogens is 3. The van der Waals surface area contributed by atoms with Gasteiger partial charge in [-0.2, -0.15) is 0 Å². The SMILES string of the molecule is c1ccc(-c2nc(-c3ccccc3-c3ccccc3)nc(-c3ccc(-c4ccc(-c5ccc6c(ccc7ccccc76)c5)c5ccccc45)c4ccccc34)n2)cc1. The van der Waals surface area contributed by atoms with E-state index in [9.17, 15) is 0 Å². The molecule has 0 aliphatic rings. The van der Waals surface area contributed by atoms with Crippen molar-refractivity contribution in [2.24, 2.45) is 0 Å². The quantitative estimate of drug-likeness (QED) is 0.160. The summed E-state index contributed by atoms with van der Waals surface area (Å²) in [5, 5.41) is 9.72. The van der Waals surface area contributed by atoms with E-state index in [0.717, 1.165) is 38.6 Å². The molecule has 11 rings (SSSR count). The Morgan fingerprint density at radius 2 is 0.655 bits per heavy atom. The lowest BCUT2D eigenvalue weighted by Crippen LogP contribution is -2.01. The lowest BCUT2D eigenvalue weighted by molar-refractivity contribution is 1.08. The fourth-order valence-electron chi connectivity index (χ4n) is 8.58. The minimum absolute atomic E-state index is 0.638. The summed E-state index contributed by atoms with van der Waals surface area (Å²) in [4.78, 5) is 15.5. The molecule has 0 bridgehead atoms. The zero-order valence-corrected chi connectivity index (χ0v) is 31.5. The van der Waals surface area contributed by atoms with Gasteiger partial charge in [-0.05, 0) is 88.6 Å². The molecule has 1 heterocycles. The molecule has 0 fully saturated rings. The third-order valence-electron chi connectivity index (χ3n) is 11.4. The molecule has 270 valence electrons. The fraction of sp³-hybridized carbons (Fsp3) is 0. The van der Waals surface area contributed by atoms with Crippen LogP contribution in [0.3, 0.4) is 0 Å². The van der Waals surface area contributed by atoms with Crippen LogP contribution in [0.4, 0.5) is 0 Å². The van der Waals surface area contributed by atoms with E-state index in [1.165, 1.54) is 54.6 Å². The first kappa shape index (κ1) is 33.6. The molecular weight excluding hydrogens is 703 g/mol. The maximum absolute atomic E-state index is 5.25. The summed E-state index contributed by atoms with van der Waals surface area (Å²) in [6.07, 6.45) is 0. The van der Waals surface area contributed by atoms with Crippen LogP contribution in [0.25, 0.3) is 111 Å². The molecule has 0 aliphatic heterocycles. The third-order valence-corrected chi connectivity index (χ3v) is 11.4. The van der Waals surface area contributed by atoms with Gasteiger partial charge < -0.3 is 0 Å². The van der Waals surface area contributed by atoms with Crippen LogP contribution in [0.2, 0.25) is 0 Å². The first-order valence-electron chi connectivity index (χ1n) is 19.7. The Morgan fingerprint density at radius 3 is 1.34 bits per heavy atom. The predicted molar refractivity (Wildman–Crippen MR) is 242 cm³/mol. The van der Waals surface area contributed by atoms with Crippen molar-refractivity contribution in [3.63, 3.8) is 0 Å². The van der Waals surface area contributed by atoms with Gasteiger partial charge in [0.2, 0.25) is 0 Å². The number of fused-ring (bicyclic) bond motifs is 5. The molecule has 0 spiro atoms. The highest BCUT2D eigenvalue weighted by Gasteiger charge is 2.19. The minimum Gasteiger partial charge on any atom is -0.208 e. The monoisotopic (exact) mass is 737 g/mol. The Morgan fingerprint density at radius 1 is 0.207 bits per heavy atom. The fourth-order valence-corrected chi connectivity index (χ4v) is 8.58. The Labute approximate surface area is 336 Å². The average molecular weight is 738 g/mol. The number of hydrogen-bond acceptors (Lipinski definition) is 3. The lowest BCUT2D eigenvalue weighted by atomic mass is 9.88. The highest BCUT2D eigenvalue weighted by atomic mass is 15.0. The normalized spacial score (nSPS) is 11.4. The van der Waals surface area contributed by atoms with Crippen molar-refractivity contribution < 1.29 is 0 Å². The third kappa shape index (κ3) is 5.80. The van der Waals surface area contributed by atoms with Crippen molar-refractivity contribution in [1.82, 2.24) is 15.0 Å². The van der Waals surface area contributed by atoms with Crippen LogP contribution in [0, 0.1) is 0 Å². The van der Waals surface area contributed by atoms with E-state index in [4.69, 9.17) is 15.0 Å². The number of hydrogen-bond donors (Lipinski definition) is 0. The van der Waals surface area contributed by atoms with Gasteiger partial charge in [0.1, 0.15) is 0 Å². The molecule has 0 amide bonds. The van der Waals surface area contributed by atoms with Gasteiger partial charge in [-0.1, -0.05) is 200 Å². The van der Waals surface area contributed by atoms with Crippen molar-refractivity contribution in [1.29, 1.82) is 0 Å². The zero-order valence-electron chi connectivity index (χ0n) is 31.5. The summed E-state index contributed by atoms with van der Waals surface area (Å²) < 4.78 is 0. The Balaban J connectivity index is 1.07. The summed E-state index contributed by atoms with van der Waals surface area (Å²) in [7, 11) is 0. The smallest absolute Gasteiger partial charge is 0.164 e. The van der Waals surface area contributed by atoms with E-state index >= 15 is 0 Å². The van der Waals surface area contributed by atoms with Gasteiger partial charge in [-0.3, -0.25) is 0 Å². The molecule has 0 saturated carbocycles. The van der Waals surface area contributed by atoms with Gasteiger partial charge in [0.25, 0.3) is 0 Å². The number of nitrogens with zero attached hydrogens (tertiary/aromatic N) is 3. The Bertz CT molecular complexity index is 3340. The second-order valence-electron chi connectivity index (χ2n) is 14.7. The summed E-state index contributed by atoms with van der Waals surface area (Å²) in [5.74, 6) is 1.92. The summed E-state index contributed by atoms with van der Waals surface area (Å²) in [5.41, 5.74) is 9.83. The van der Waals surface area contributed by atoms with E-state index in [1.54, 1.807) is 0 Å². The van der Waals surface area contributed by atoms with E-state index < -0.39 is 0 Å². The molecule has 3 nitrogen and oxygen atoms in total. The van der Waals surface area contributed by atoms with Crippen molar-refractivity contribution in [2.75, 3.05) is 0 Å². The van der Waals surface area contributed by atoms with E-state index in [1.807, 2.05) is 24.3 Å². The summed E-state index contributed by atoms with van der Waals surface area (Å²) in [6, 6.07) is 75.3. The average Bonchev–Trinajstić information content (AvgIpc) is 3.31. The molecule has 11 aromatic rings. The van der Waals surface area contributed by atoms with Crippen molar-refractivity contribution in [3.05, 3.63) is 212 Å². The molecule has 0 radical (unpaired) electrons. The predicted octanol–water partition coefficient (Wildman–Crippen LogP) is 14.5. The van der Waals surface area contributed by atoms with Gasteiger partial charge in [0.05, 0.1) is 0 Å². The van der Waals surface area contributed by atoms with E-state index in [-0.39, 0.29) is 0 Å². The van der Waals surface area contributed by atoms with Crippen molar-refractivity contribution >= 4 is 43.1 Å². The largest absolute Gasteiger partial charge is 0.208 e. The molecule has 1 aromatic heterocycles. The van der Waals surface area contributed by atoms with Gasteiger partial charge >= 0.3 is 0 Å². The maximum Gasteiger partial charge on any atom is 0.164 e. The standard InChI is InChI=1S/C55H35N3/c1-3-15-36(16-4-1)42-21-9-14-26-51(42)54-56-53(38-18-5-2-6-19-38)57-55(58-54)52-34-33-50(47-24-12-13-25-48(47)52)49-32-31-44(45-22-10-11-23-46(45)49)40-29-30-43-39(35-40)28-27-37-17-7-8-20-41(37)43/h1-35H. The highest BCUT2D eigenvalue weighted by Crippen LogP contribution is 2.42. The summed E-state index contributed by atoms with van der Waals surface area (Å²) >= 11 is 0. The Kier molecular flexibility index (Phi) is 8.15. The second-order valence-corrected chi connectivity index (χ2v) is 14.7. The van der Waals surface area contributed by atoms with Crippen LogP contribution in [-0.2, 0) is 0 Å².